The molecule has 3 nitrogen and oxygen atoms in total. The summed E-state index contributed by atoms with van der Waals surface area (Å²) in [7, 11) is 0. The lowest BCUT2D eigenvalue weighted by Crippen LogP contribution is -2.34. The summed E-state index contributed by atoms with van der Waals surface area (Å²) in [6, 6.07) is 0.478. The van der Waals surface area contributed by atoms with Crippen LogP contribution in [-0.4, -0.2) is 32.3 Å². The van der Waals surface area contributed by atoms with Gasteiger partial charge in [-0.05, 0) is 63.5 Å². The Hall–Kier alpha value is -0.120. The smallest absolute Gasteiger partial charge is 0.0469 e. The Balaban J connectivity index is 1.53. The van der Waals surface area contributed by atoms with Crippen LogP contribution in [0.3, 0.4) is 0 Å². The number of nitrogens with one attached hydrogen (secondary N) is 1. The number of ether oxygens (including phenoxy) is 1. The maximum atomic E-state index is 5.91. The largest absolute Gasteiger partial charge is 0.381 e. The molecule has 0 amide bonds. The molecular weight excluding hydrogens is 200 g/mol. The van der Waals surface area contributed by atoms with Crippen LogP contribution >= 0.6 is 0 Å². The molecule has 1 aliphatic carbocycles. The van der Waals surface area contributed by atoms with Crippen LogP contribution in [0, 0.1) is 11.8 Å². The van der Waals surface area contributed by atoms with Gasteiger partial charge in [0.15, 0.2) is 0 Å². The number of hydrogen-bond donors (Lipinski definition) is 2. The maximum Gasteiger partial charge on any atom is 0.0469 e. The first-order valence-corrected chi connectivity index (χ1v) is 6.88. The predicted octanol–water partition coefficient (Wildman–Crippen LogP) is 1.52. The van der Waals surface area contributed by atoms with Gasteiger partial charge < -0.3 is 15.8 Å². The topological polar surface area (TPSA) is 47.3 Å². The summed E-state index contributed by atoms with van der Waals surface area (Å²) in [5.74, 6) is 1.72. The van der Waals surface area contributed by atoms with Gasteiger partial charge >= 0.3 is 0 Å². The quantitative estimate of drug-likeness (QED) is 0.764. The monoisotopic (exact) mass is 226 g/mol. The first-order chi connectivity index (χ1) is 7.84. The first kappa shape index (κ1) is 12.3. The van der Waals surface area contributed by atoms with E-state index >= 15 is 0 Å². The van der Waals surface area contributed by atoms with Crippen molar-refractivity contribution in [2.75, 3.05) is 26.3 Å². The summed E-state index contributed by atoms with van der Waals surface area (Å²) in [6.45, 7) is 4.31. The van der Waals surface area contributed by atoms with Crippen LogP contribution in [0.25, 0.3) is 0 Å². The standard InChI is InChI=1S/C13H26N2O/c14-13-3-1-11(2-4-13)9-15-10-12-5-7-16-8-6-12/h11-13,15H,1-10,14H2. The molecule has 3 N–H and O–H groups in total. The molecule has 0 bridgehead atoms. The van der Waals surface area contributed by atoms with E-state index in [-0.39, 0.29) is 0 Å². The van der Waals surface area contributed by atoms with Crippen LogP contribution in [0.1, 0.15) is 38.5 Å². The summed E-state index contributed by atoms with van der Waals surface area (Å²) in [6.07, 6.45) is 7.57. The van der Waals surface area contributed by atoms with Crippen LogP contribution in [0.4, 0.5) is 0 Å². The van der Waals surface area contributed by atoms with Crippen LogP contribution in [0.15, 0.2) is 0 Å². The second-order valence-corrected chi connectivity index (χ2v) is 5.49. The highest BCUT2D eigenvalue weighted by molar-refractivity contribution is 4.76. The third kappa shape index (κ3) is 4.04. The Kier molecular flexibility index (Phi) is 5.07. The van der Waals surface area contributed by atoms with Gasteiger partial charge in [0.05, 0.1) is 0 Å². The van der Waals surface area contributed by atoms with Gasteiger partial charge in [-0.25, -0.2) is 0 Å². The average molecular weight is 226 g/mol. The summed E-state index contributed by atoms with van der Waals surface area (Å²) in [5, 5.41) is 3.64. The molecule has 0 aromatic rings. The van der Waals surface area contributed by atoms with E-state index in [0.717, 1.165) is 25.0 Å². The minimum atomic E-state index is 0.478. The van der Waals surface area contributed by atoms with Crippen molar-refractivity contribution >= 4 is 0 Å². The van der Waals surface area contributed by atoms with Crippen molar-refractivity contribution in [2.24, 2.45) is 17.6 Å². The highest BCUT2D eigenvalue weighted by Crippen LogP contribution is 2.22. The Labute approximate surface area is 99.1 Å². The van der Waals surface area contributed by atoms with Gasteiger partial charge in [0.25, 0.3) is 0 Å². The van der Waals surface area contributed by atoms with Crippen molar-refractivity contribution in [1.82, 2.24) is 5.32 Å². The Morgan fingerprint density at radius 1 is 0.875 bits per heavy atom. The fraction of sp³-hybridized carbons (Fsp3) is 1.00. The Morgan fingerprint density at radius 3 is 2.06 bits per heavy atom. The van der Waals surface area contributed by atoms with Gasteiger partial charge in [0.1, 0.15) is 0 Å². The molecule has 2 rings (SSSR count). The highest BCUT2D eigenvalue weighted by Gasteiger charge is 2.19. The summed E-state index contributed by atoms with van der Waals surface area (Å²) in [5.41, 5.74) is 5.91. The molecule has 2 aliphatic rings. The van der Waals surface area contributed by atoms with E-state index in [1.807, 2.05) is 0 Å². The normalized spacial score (nSPS) is 32.8. The van der Waals surface area contributed by atoms with Crippen molar-refractivity contribution in [3.05, 3.63) is 0 Å². The van der Waals surface area contributed by atoms with E-state index in [4.69, 9.17) is 10.5 Å². The van der Waals surface area contributed by atoms with E-state index < -0.39 is 0 Å². The number of hydrogen-bond acceptors (Lipinski definition) is 3. The van der Waals surface area contributed by atoms with Gasteiger partial charge in [0, 0.05) is 19.3 Å². The van der Waals surface area contributed by atoms with Crippen molar-refractivity contribution in [3.8, 4) is 0 Å². The van der Waals surface area contributed by atoms with Crippen molar-refractivity contribution < 1.29 is 4.74 Å². The van der Waals surface area contributed by atoms with Gasteiger partial charge in [-0.15, -0.1) is 0 Å². The van der Waals surface area contributed by atoms with E-state index in [1.165, 1.54) is 51.6 Å². The van der Waals surface area contributed by atoms with E-state index in [9.17, 15) is 0 Å². The molecule has 1 saturated carbocycles. The molecule has 94 valence electrons. The fourth-order valence-corrected chi connectivity index (χ4v) is 2.83. The van der Waals surface area contributed by atoms with Crippen molar-refractivity contribution in [3.63, 3.8) is 0 Å². The average Bonchev–Trinajstić information content (AvgIpc) is 2.33. The highest BCUT2D eigenvalue weighted by atomic mass is 16.5. The fourth-order valence-electron chi connectivity index (χ4n) is 2.83. The molecule has 1 aliphatic heterocycles. The summed E-state index contributed by atoms with van der Waals surface area (Å²) >= 11 is 0. The SMILES string of the molecule is NC1CCC(CNCC2CCOCC2)CC1. The van der Waals surface area contributed by atoms with Crippen LogP contribution in [-0.2, 0) is 4.74 Å². The third-order valence-corrected chi connectivity index (χ3v) is 4.10. The molecule has 2 fully saturated rings. The molecule has 16 heavy (non-hydrogen) atoms. The lowest BCUT2D eigenvalue weighted by atomic mass is 9.86. The van der Waals surface area contributed by atoms with Crippen LogP contribution in [0.5, 0.6) is 0 Å². The molecular formula is C13H26N2O. The van der Waals surface area contributed by atoms with Crippen molar-refractivity contribution in [2.45, 2.75) is 44.6 Å². The Morgan fingerprint density at radius 2 is 1.44 bits per heavy atom. The molecule has 0 radical (unpaired) electrons. The minimum Gasteiger partial charge on any atom is -0.381 e. The molecule has 1 heterocycles. The lowest BCUT2D eigenvalue weighted by molar-refractivity contribution is 0.0659. The summed E-state index contributed by atoms with van der Waals surface area (Å²) < 4.78 is 5.37. The second kappa shape index (κ2) is 6.58. The first-order valence-electron chi connectivity index (χ1n) is 6.88. The second-order valence-electron chi connectivity index (χ2n) is 5.49. The van der Waals surface area contributed by atoms with Gasteiger partial charge in [0.2, 0.25) is 0 Å². The minimum absolute atomic E-state index is 0.478. The number of rotatable bonds is 4. The van der Waals surface area contributed by atoms with Gasteiger partial charge in [-0.3, -0.25) is 0 Å². The van der Waals surface area contributed by atoms with Crippen LogP contribution < -0.4 is 11.1 Å². The van der Waals surface area contributed by atoms with Crippen molar-refractivity contribution in [1.29, 1.82) is 0 Å². The zero-order valence-corrected chi connectivity index (χ0v) is 10.3. The summed E-state index contributed by atoms with van der Waals surface area (Å²) in [4.78, 5) is 0. The molecule has 0 aromatic carbocycles. The zero-order valence-electron chi connectivity index (χ0n) is 10.3. The van der Waals surface area contributed by atoms with E-state index in [0.29, 0.717) is 6.04 Å². The Bertz CT molecular complexity index is 184. The molecule has 0 spiro atoms. The van der Waals surface area contributed by atoms with E-state index in [2.05, 4.69) is 5.32 Å². The molecule has 0 aromatic heterocycles. The molecule has 0 atom stereocenters. The predicted molar refractivity (Wildman–Crippen MR) is 66.3 cm³/mol. The molecule has 3 heteroatoms. The molecule has 1 saturated heterocycles. The molecule has 0 unspecified atom stereocenters. The zero-order chi connectivity index (χ0) is 11.2. The maximum absolute atomic E-state index is 5.91. The number of nitrogens with two attached hydrogens (primary N) is 1. The van der Waals surface area contributed by atoms with E-state index in [1.54, 1.807) is 0 Å². The lowest BCUT2D eigenvalue weighted by Gasteiger charge is -2.28. The van der Waals surface area contributed by atoms with Gasteiger partial charge in [-0.2, -0.15) is 0 Å². The van der Waals surface area contributed by atoms with Gasteiger partial charge in [-0.1, -0.05) is 0 Å². The van der Waals surface area contributed by atoms with Crippen LogP contribution in [0.2, 0.25) is 0 Å². The third-order valence-electron chi connectivity index (χ3n) is 4.10.